The van der Waals surface area contributed by atoms with Crippen LogP contribution in [0.25, 0.3) is 11.0 Å². The molecule has 0 saturated heterocycles. The van der Waals surface area contributed by atoms with Crippen LogP contribution in [0.2, 0.25) is 0 Å². The highest BCUT2D eigenvalue weighted by Crippen LogP contribution is 2.23. The maximum atomic E-state index is 11.9. The van der Waals surface area contributed by atoms with E-state index in [1.807, 2.05) is 25.1 Å². The second kappa shape index (κ2) is 8.35. The summed E-state index contributed by atoms with van der Waals surface area (Å²) in [6.45, 7) is 7.09. The number of hydrogen-bond acceptors (Lipinski definition) is 3. The lowest BCUT2D eigenvalue weighted by molar-refractivity contribution is -0.125. The molecule has 1 aromatic heterocycles. The van der Waals surface area contributed by atoms with Crippen LogP contribution in [0.5, 0.6) is 0 Å². The molecule has 0 aliphatic rings. The predicted octanol–water partition coefficient (Wildman–Crippen LogP) is 4.03. The monoisotopic (exact) mass is 365 g/mol. The van der Waals surface area contributed by atoms with E-state index >= 15 is 0 Å². The number of hydrogen-bond donors (Lipinski definition) is 1. The van der Waals surface area contributed by atoms with E-state index in [-0.39, 0.29) is 18.6 Å². The Morgan fingerprint density at radius 3 is 2.48 bits per heavy atom. The normalized spacial score (nSPS) is 12.5. The number of benzene rings is 2. The topological polar surface area (TPSA) is 56.1 Å². The van der Waals surface area contributed by atoms with Crippen molar-refractivity contribution in [1.29, 1.82) is 0 Å². The molecule has 0 fully saturated rings. The van der Waals surface area contributed by atoms with Crippen LogP contribution in [-0.4, -0.2) is 29.2 Å². The molecule has 0 saturated carbocycles. The smallest absolute Gasteiger partial charge is 0.246 e. The maximum Gasteiger partial charge on any atom is 0.246 e. The lowest BCUT2D eigenvalue weighted by atomic mass is 10.0. The molecule has 1 N–H and O–H groups in total. The first-order valence-corrected chi connectivity index (χ1v) is 9.32. The van der Waals surface area contributed by atoms with Crippen LogP contribution in [0.15, 0.2) is 48.5 Å². The van der Waals surface area contributed by atoms with Gasteiger partial charge in [-0.25, -0.2) is 4.98 Å². The highest BCUT2D eigenvalue weighted by molar-refractivity contribution is 5.78. The number of para-hydroxylation sites is 2. The molecule has 0 bridgehead atoms. The summed E-state index contributed by atoms with van der Waals surface area (Å²) in [6.07, 6.45) is 0. The van der Waals surface area contributed by atoms with Crippen LogP contribution >= 0.6 is 0 Å². The molecule has 27 heavy (non-hydrogen) atoms. The number of rotatable bonds is 7. The number of ether oxygens (including phenoxy) is 1. The molecule has 3 aromatic rings. The summed E-state index contributed by atoms with van der Waals surface area (Å²) < 4.78 is 7.09. The predicted molar refractivity (Wildman–Crippen MR) is 108 cm³/mol. The highest BCUT2D eigenvalue weighted by atomic mass is 16.5. The number of carbonyl (C=O) groups excluding carboxylic acids is 1. The number of nitrogens with one attached hydrogen (secondary N) is 1. The van der Waals surface area contributed by atoms with E-state index in [9.17, 15) is 4.79 Å². The summed E-state index contributed by atoms with van der Waals surface area (Å²) >= 11 is 0. The van der Waals surface area contributed by atoms with Gasteiger partial charge in [-0.1, -0.05) is 50.2 Å². The summed E-state index contributed by atoms with van der Waals surface area (Å²) in [5.74, 6) is 1.21. The summed E-state index contributed by atoms with van der Waals surface area (Å²) in [5, 5.41) is 2.96. The Morgan fingerprint density at radius 1 is 1.11 bits per heavy atom. The third-order valence-electron chi connectivity index (χ3n) is 4.71. The molecule has 1 unspecified atom stereocenters. The van der Waals surface area contributed by atoms with Gasteiger partial charge in [0.1, 0.15) is 12.4 Å². The van der Waals surface area contributed by atoms with Gasteiger partial charge in [-0.3, -0.25) is 4.79 Å². The van der Waals surface area contributed by atoms with Crippen LogP contribution in [-0.2, 0) is 16.1 Å². The Morgan fingerprint density at radius 2 is 1.81 bits per heavy atom. The van der Waals surface area contributed by atoms with Gasteiger partial charge in [-0.15, -0.1) is 0 Å². The second-order valence-corrected chi connectivity index (χ2v) is 7.16. The third-order valence-corrected chi connectivity index (χ3v) is 4.71. The number of amides is 1. The molecule has 0 aliphatic heterocycles. The Labute approximate surface area is 160 Å². The van der Waals surface area contributed by atoms with Crippen molar-refractivity contribution in [2.75, 3.05) is 13.7 Å². The van der Waals surface area contributed by atoms with Gasteiger partial charge in [0.15, 0.2) is 0 Å². The third kappa shape index (κ3) is 4.37. The second-order valence-electron chi connectivity index (χ2n) is 7.16. The fraction of sp³-hybridized carbons (Fsp3) is 0.364. The van der Waals surface area contributed by atoms with E-state index in [4.69, 9.17) is 9.72 Å². The standard InChI is InChI=1S/C22H27N3O2/c1-15(2)18-11-9-17(10-12-18)13-25-20-8-6-5-7-19(20)24-22(25)16(3)23-21(26)14-27-4/h5-12,15-16H,13-14H2,1-4H3,(H,23,26). The van der Waals surface area contributed by atoms with Gasteiger partial charge in [0, 0.05) is 13.7 Å². The first kappa shape index (κ1) is 19.1. The van der Waals surface area contributed by atoms with Crippen molar-refractivity contribution in [2.45, 2.75) is 39.3 Å². The summed E-state index contributed by atoms with van der Waals surface area (Å²) in [6, 6.07) is 16.6. The first-order valence-electron chi connectivity index (χ1n) is 9.32. The van der Waals surface area contributed by atoms with Gasteiger partial charge in [-0.05, 0) is 36.1 Å². The Balaban J connectivity index is 1.93. The van der Waals surface area contributed by atoms with Crippen molar-refractivity contribution < 1.29 is 9.53 Å². The van der Waals surface area contributed by atoms with Crippen molar-refractivity contribution in [3.63, 3.8) is 0 Å². The number of fused-ring (bicyclic) bond motifs is 1. The Kier molecular flexibility index (Phi) is 5.91. The number of aromatic nitrogens is 2. The minimum Gasteiger partial charge on any atom is -0.375 e. The van der Waals surface area contributed by atoms with Crippen molar-refractivity contribution in [1.82, 2.24) is 14.9 Å². The average Bonchev–Trinajstić information content (AvgIpc) is 3.01. The van der Waals surface area contributed by atoms with E-state index in [1.165, 1.54) is 18.2 Å². The van der Waals surface area contributed by atoms with Gasteiger partial charge in [-0.2, -0.15) is 0 Å². The van der Waals surface area contributed by atoms with Gasteiger partial charge in [0.25, 0.3) is 0 Å². The summed E-state index contributed by atoms with van der Waals surface area (Å²) in [7, 11) is 1.51. The first-order chi connectivity index (χ1) is 13.0. The zero-order chi connectivity index (χ0) is 19.4. The lowest BCUT2D eigenvalue weighted by Crippen LogP contribution is -2.31. The maximum absolute atomic E-state index is 11.9. The molecule has 0 aliphatic carbocycles. The minimum absolute atomic E-state index is 0.0429. The quantitative estimate of drug-likeness (QED) is 0.688. The number of carbonyl (C=O) groups is 1. The highest BCUT2D eigenvalue weighted by Gasteiger charge is 2.18. The molecule has 1 atom stereocenters. The molecule has 0 radical (unpaired) electrons. The van der Waals surface area contributed by atoms with Gasteiger partial charge >= 0.3 is 0 Å². The van der Waals surface area contributed by atoms with Crippen molar-refractivity contribution >= 4 is 16.9 Å². The molecular formula is C22H27N3O2. The van der Waals surface area contributed by atoms with E-state index in [0.717, 1.165) is 16.9 Å². The summed E-state index contributed by atoms with van der Waals surface area (Å²) in [4.78, 5) is 16.7. The average molecular weight is 365 g/mol. The van der Waals surface area contributed by atoms with E-state index in [0.29, 0.717) is 12.5 Å². The van der Waals surface area contributed by atoms with Crippen LogP contribution in [0.3, 0.4) is 0 Å². The van der Waals surface area contributed by atoms with E-state index < -0.39 is 0 Å². The van der Waals surface area contributed by atoms with Crippen LogP contribution in [0.4, 0.5) is 0 Å². The Bertz CT molecular complexity index is 913. The largest absolute Gasteiger partial charge is 0.375 e. The molecule has 1 amide bonds. The van der Waals surface area contributed by atoms with Crippen LogP contribution < -0.4 is 5.32 Å². The number of methoxy groups -OCH3 is 1. The van der Waals surface area contributed by atoms with Crippen molar-refractivity contribution in [3.8, 4) is 0 Å². The number of imidazole rings is 1. The fourth-order valence-corrected chi connectivity index (χ4v) is 3.26. The minimum atomic E-state index is -0.213. The van der Waals surface area contributed by atoms with E-state index in [2.05, 4.69) is 54.1 Å². The molecule has 142 valence electrons. The molecule has 2 aromatic carbocycles. The fourth-order valence-electron chi connectivity index (χ4n) is 3.26. The van der Waals surface area contributed by atoms with Crippen LogP contribution in [0, 0.1) is 0 Å². The van der Waals surface area contributed by atoms with Gasteiger partial charge in [0.05, 0.1) is 17.1 Å². The Hall–Kier alpha value is -2.66. The van der Waals surface area contributed by atoms with Crippen molar-refractivity contribution in [2.24, 2.45) is 0 Å². The zero-order valence-corrected chi connectivity index (χ0v) is 16.4. The lowest BCUT2D eigenvalue weighted by Gasteiger charge is -2.17. The number of nitrogens with zero attached hydrogens (tertiary/aromatic N) is 2. The molecule has 5 nitrogen and oxygen atoms in total. The van der Waals surface area contributed by atoms with Gasteiger partial charge < -0.3 is 14.6 Å². The molecule has 5 heteroatoms. The van der Waals surface area contributed by atoms with Crippen LogP contribution in [0.1, 0.15) is 49.7 Å². The molecule has 3 rings (SSSR count). The SMILES string of the molecule is COCC(=O)NC(C)c1nc2ccccc2n1Cc1ccc(C(C)C)cc1. The van der Waals surface area contributed by atoms with Gasteiger partial charge in [0.2, 0.25) is 5.91 Å². The molecular weight excluding hydrogens is 338 g/mol. The van der Waals surface area contributed by atoms with E-state index in [1.54, 1.807) is 0 Å². The summed E-state index contributed by atoms with van der Waals surface area (Å²) in [5.41, 5.74) is 4.53. The molecule has 0 spiro atoms. The van der Waals surface area contributed by atoms with Crippen molar-refractivity contribution in [3.05, 3.63) is 65.5 Å². The zero-order valence-electron chi connectivity index (χ0n) is 16.4. The molecule has 1 heterocycles.